The number of hydrogen-bond acceptors (Lipinski definition) is 12. The summed E-state index contributed by atoms with van der Waals surface area (Å²) in [5.74, 6) is -1.72. The van der Waals surface area contributed by atoms with Gasteiger partial charge in [-0.25, -0.2) is 14.3 Å². The number of rotatable bonds is 6. The van der Waals surface area contributed by atoms with Gasteiger partial charge < -0.3 is 34.8 Å². The molecule has 174 valence electrons. The number of ether oxygens (including phenoxy) is 2. The highest BCUT2D eigenvalue weighted by atomic mass is 31.2. The van der Waals surface area contributed by atoms with Crippen LogP contribution in [0, 0.1) is 0 Å². The van der Waals surface area contributed by atoms with Crippen LogP contribution in [-0.4, -0.2) is 88.8 Å². The fraction of sp³-hybridized carbons (Fsp3) is 0.533. The minimum atomic E-state index is -4.88. The number of aromatic nitrogens is 4. The van der Waals surface area contributed by atoms with Crippen molar-refractivity contribution in [3.63, 3.8) is 0 Å². The second kappa shape index (κ2) is 8.32. The lowest BCUT2D eigenvalue weighted by Gasteiger charge is -2.25. The lowest BCUT2D eigenvalue weighted by Crippen LogP contribution is -2.42. The minimum Gasteiger partial charge on any atom is -0.461 e. The number of H-pyrrole nitrogens is 1. The Bertz CT molecular complexity index is 1160. The number of hydrogen-bond donors (Lipinski definition) is 6. The molecule has 0 radical (unpaired) electrons. The Hall–Kier alpha value is -2.72. The van der Waals surface area contributed by atoms with E-state index in [2.05, 4.69) is 24.8 Å². The molecule has 4 rings (SSSR count). The summed E-state index contributed by atoms with van der Waals surface area (Å²) in [7, 11) is -4.88. The van der Waals surface area contributed by atoms with Crippen molar-refractivity contribution in [2.45, 2.75) is 37.0 Å². The Kier molecular flexibility index (Phi) is 5.85. The minimum absolute atomic E-state index is 0.0139. The largest absolute Gasteiger partial charge is 0.469 e. The Morgan fingerprint density at radius 1 is 1.31 bits per heavy atom. The predicted molar refractivity (Wildman–Crippen MR) is 100 cm³/mol. The Morgan fingerprint density at radius 2 is 2.06 bits per heavy atom. The second-order valence-electron chi connectivity index (χ2n) is 7.10. The third-order valence-corrected chi connectivity index (χ3v) is 5.29. The molecular formula is C15H18N5O11P. The number of imidazole rings is 1. The van der Waals surface area contributed by atoms with E-state index in [0.29, 0.717) is 0 Å². The average molecular weight is 475 g/mol. The first-order valence-electron chi connectivity index (χ1n) is 9.19. The molecule has 2 saturated heterocycles. The van der Waals surface area contributed by atoms with E-state index in [1.165, 1.54) is 0 Å². The van der Waals surface area contributed by atoms with Crippen LogP contribution in [0.5, 0.6) is 0 Å². The van der Waals surface area contributed by atoms with Crippen molar-refractivity contribution in [2.75, 3.05) is 18.5 Å². The average Bonchev–Trinajstić information content (AvgIpc) is 3.25. The monoisotopic (exact) mass is 475 g/mol. The van der Waals surface area contributed by atoms with Crippen LogP contribution in [0.15, 0.2) is 11.1 Å². The number of phosphoric ester groups is 1. The van der Waals surface area contributed by atoms with Gasteiger partial charge in [0.2, 0.25) is 5.95 Å². The standard InChI is InChI=1S/C15H18N5O11P/c21-5-1-6(14(25)29-2-5)17-15-18-11-8(12(24)19-15)16-4-20(11)13-10(23)9(22)7(31-13)3-30-32(26,27)28/h4-7,10,13,21,23H,1-3H2,(H2,26,27,28)(H2,17,18,19,24)/t5?,6?,7-,10?,13-/m1/s1. The van der Waals surface area contributed by atoms with Crippen LogP contribution in [0.2, 0.25) is 0 Å². The number of Topliss-reactive ketones (excluding diaryl/α,β-unsaturated/α-hetero) is 1. The summed E-state index contributed by atoms with van der Waals surface area (Å²) in [5.41, 5.74) is -0.990. The van der Waals surface area contributed by atoms with Crippen molar-refractivity contribution in [3.8, 4) is 0 Å². The number of nitrogens with one attached hydrogen (secondary N) is 2. The molecule has 17 heteroatoms. The summed E-state index contributed by atoms with van der Waals surface area (Å²) in [6.07, 6.45) is -4.46. The van der Waals surface area contributed by atoms with Gasteiger partial charge in [-0.3, -0.25) is 23.7 Å². The van der Waals surface area contributed by atoms with Crippen LogP contribution >= 0.6 is 7.82 Å². The summed E-state index contributed by atoms with van der Waals surface area (Å²) in [5, 5.41) is 22.6. The summed E-state index contributed by atoms with van der Waals surface area (Å²) in [6, 6.07) is -0.986. The van der Waals surface area contributed by atoms with E-state index >= 15 is 0 Å². The third-order valence-electron chi connectivity index (χ3n) is 4.80. The third kappa shape index (κ3) is 4.42. The number of anilines is 1. The van der Waals surface area contributed by atoms with Gasteiger partial charge in [0, 0.05) is 6.42 Å². The van der Waals surface area contributed by atoms with Crippen molar-refractivity contribution in [2.24, 2.45) is 0 Å². The summed E-state index contributed by atoms with van der Waals surface area (Å²) in [4.78, 5) is 64.5. The number of ketones is 1. The zero-order chi connectivity index (χ0) is 23.2. The lowest BCUT2D eigenvalue weighted by molar-refractivity contribution is -0.154. The molecule has 3 unspecified atom stereocenters. The van der Waals surface area contributed by atoms with Gasteiger partial charge in [0.05, 0.1) is 19.0 Å². The summed E-state index contributed by atoms with van der Waals surface area (Å²) < 4.78 is 26.4. The lowest BCUT2D eigenvalue weighted by atomic mass is 10.1. The highest BCUT2D eigenvalue weighted by Gasteiger charge is 2.45. The molecule has 4 heterocycles. The van der Waals surface area contributed by atoms with Crippen LogP contribution in [0.4, 0.5) is 5.95 Å². The highest BCUT2D eigenvalue weighted by molar-refractivity contribution is 7.46. The van der Waals surface area contributed by atoms with Crippen molar-refractivity contribution < 1.29 is 48.2 Å². The molecule has 6 N–H and O–H groups in total. The van der Waals surface area contributed by atoms with Crippen molar-refractivity contribution in [3.05, 3.63) is 16.7 Å². The number of aliphatic hydroxyl groups is 2. The van der Waals surface area contributed by atoms with Crippen molar-refractivity contribution in [1.29, 1.82) is 0 Å². The van der Waals surface area contributed by atoms with E-state index in [9.17, 15) is 29.2 Å². The molecule has 0 saturated carbocycles. The molecule has 2 aromatic rings. The van der Waals surface area contributed by atoms with E-state index in [1.54, 1.807) is 0 Å². The molecule has 16 nitrogen and oxygen atoms in total. The topological polar surface area (TPSA) is 235 Å². The zero-order valence-corrected chi connectivity index (χ0v) is 16.9. The van der Waals surface area contributed by atoms with Crippen molar-refractivity contribution in [1.82, 2.24) is 19.5 Å². The number of phosphoric acid groups is 1. The van der Waals surface area contributed by atoms with Gasteiger partial charge in [0.15, 0.2) is 29.3 Å². The van der Waals surface area contributed by atoms with Crippen molar-refractivity contribution >= 4 is 36.7 Å². The SMILES string of the molecule is O=C1OCC(O)CC1Nc1nc2c(ncn2[C@@H]2O[C@H](COP(=O)(O)O)C(=O)C2O)c(=O)[nH]1. The number of carbonyl (C=O) groups excluding carboxylic acids is 2. The fourth-order valence-corrected chi connectivity index (χ4v) is 3.65. The number of aromatic amines is 1. The van der Waals surface area contributed by atoms with Gasteiger partial charge >= 0.3 is 13.8 Å². The van der Waals surface area contributed by atoms with E-state index in [0.717, 1.165) is 10.9 Å². The molecule has 0 amide bonds. The normalized spacial score (nSPS) is 28.8. The van der Waals surface area contributed by atoms with Gasteiger partial charge in [-0.15, -0.1) is 0 Å². The molecule has 0 aromatic carbocycles. The van der Waals surface area contributed by atoms with Gasteiger partial charge in [0.25, 0.3) is 5.56 Å². The van der Waals surface area contributed by atoms with Gasteiger partial charge in [-0.05, 0) is 0 Å². The summed E-state index contributed by atoms with van der Waals surface area (Å²) >= 11 is 0. The van der Waals surface area contributed by atoms with Crippen LogP contribution in [-0.2, 0) is 28.2 Å². The first-order valence-corrected chi connectivity index (χ1v) is 10.7. The number of aliphatic hydroxyl groups excluding tert-OH is 2. The van der Waals surface area contributed by atoms with Crippen LogP contribution in [0.3, 0.4) is 0 Å². The number of nitrogens with zero attached hydrogens (tertiary/aromatic N) is 3. The second-order valence-corrected chi connectivity index (χ2v) is 8.34. The quantitative estimate of drug-likeness (QED) is 0.182. The number of carbonyl (C=O) groups is 2. The first kappa shape index (κ1) is 22.5. The molecular weight excluding hydrogens is 457 g/mol. The van der Waals surface area contributed by atoms with E-state index in [-0.39, 0.29) is 30.1 Å². The molecule has 32 heavy (non-hydrogen) atoms. The van der Waals surface area contributed by atoms with E-state index in [4.69, 9.17) is 19.3 Å². The maximum absolute atomic E-state index is 12.4. The molecule has 5 atom stereocenters. The molecule has 2 aromatic heterocycles. The van der Waals surface area contributed by atoms with Gasteiger partial charge in [-0.2, -0.15) is 4.98 Å². The van der Waals surface area contributed by atoms with Crippen LogP contribution in [0.25, 0.3) is 11.2 Å². The van der Waals surface area contributed by atoms with Gasteiger partial charge in [-0.1, -0.05) is 0 Å². The zero-order valence-electron chi connectivity index (χ0n) is 16.0. The predicted octanol–water partition coefficient (Wildman–Crippen LogP) is -2.86. The number of cyclic esters (lactones) is 1. The Labute approximate surface area is 177 Å². The molecule has 2 aliphatic heterocycles. The highest BCUT2D eigenvalue weighted by Crippen LogP contribution is 2.37. The molecule has 0 spiro atoms. The van der Waals surface area contributed by atoms with E-state index in [1.807, 2.05) is 0 Å². The maximum atomic E-state index is 12.4. The maximum Gasteiger partial charge on any atom is 0.469 e. The first-order chi connectivity index (χ1) is 15.0. The Morgan fingerprint density at radius 3 is 2.78 bits per heavy atom. The number of esters is 1. The summed E-state index contributed by atoms with van der Waals surface area (Å²) in [6.45, 7) is -0.958. The van der Waals surface area contributed by atoms with Crippen LogP contribution < -0.4 is 10.9 Å². The van der Waals surface area contributed by atoms with Crippen LogP contribution in [0.1, 0.15) is 12.6 Å². The Balaban J connectivity index is 1.61. The van der Waals surface area contributed by atoms with Gasteiger partial charge in [0.1, 0.15) is 18.8 Å². The molecule has 0 bridgehead atoms. The smallest absolute Gasteiger partial charge is 0.461 e. The number of fused-ring (bicyclic) bond motifs is 1. The molecule has 2 aliphatic rings. The van der Waals surface area contributed by atoms with E-state index < -0.39 is 62.3 Å². The molecule has 0 aliphatic carbocycles. The molecule has 2 fully saturated rings. The fourth-order valence-electron chi connectivity index (χ4n) is 3.32.